The summed E-state index contributed by atoms with van der Waals surface area (Å²) < 4.78 is 27.2. The van der Waals surface area contributed by atoms with E-state index in [0.29, 0.717) is 17.9 Å². The van der Waals surface area contributed by atoms with Crippen LogP contribution in [-0.2, 0) is 6.54 Å². The number of nitrogens with one attached hydrogen (secondary N) is 1. The van der Waals surface area contributed by atoms with Crippen LogP contribution >= 0.6 is 0 Å². The van der Waals surface area contributed by atoms with Gasteiger partial charge in [0.25, 0.3) is 0 Å². The first-order valence-electron chi connectivity index (χ1n) is 8.75. The van der Waals surface area contributed by atoms with Crippen LogP contribution in [0.3, 0.4) is 0 Å². The van der Waals surface area contributed by atoms with Gasteiger partial charge in [-0.25, -0.2) is 8.78 Å². The molecule has 4 nitrogen and oxygen atoms in total. The topological polar surface area (TPSA) is 39.3 Å². The Hall–Kier alpha value is -2.99. The summed E-state index contributed by atoms with van der Waals surface area (Å²) in [6.45, 7) is 2.18. The molecule has 4 rings (SSSR count). The van der Waals surface area contributed by atoms with E-state index >= 15 is 0 Å². The largest absolute Gasteiger partial charge is 0.340 e. The van der Waals surface area contributed by atoms with Gasteiger partial charge in [-0.3, -0.25) is 4.79 Å². The maximum absolute atomic E-state index is 13.8. The quantitative estimate of drug-likeness (QED) is 0.747. The van der Waals surface area contributed by atoms with Gasteiger partial charge in [0, 0.05) is 54.4 Å². The second-order valence-corrected chi connectivity index (χ2v) is 6.76. The number of aromatic nitrogens is 1. The van der Waals surface area contributed by atoms with Gasteiger partial charge in [0.05, 0.1) is 0 Å². The number of pyridine rings is 1. The van der Waals surface area contributed by atoms with E-state index in [9.17, 15) is 13.6 Å². The number of rotatable bonds is 2. The molecule has 0 unspecified atom stereocenters. The Morgan fingerprint density at radius 1 is 0.963 bits per heavy atom. The molecule has 1 aliphatic heterocycles. The number of hydrogen-bond donors (Lipinski definition) is 1. The molecule has 0 radical (unpaired) electrons. The third kappa shape index (κ3) is 3.48. The first-order chi connectivity index (χ1) is 13.0. The summed E-state index contributed by atoms with van der Waals surface area (Å²) >= 11 is 0. The van der Waals surface area contributed by atoms with Gasteiger partial charge < -0.3 is 14.8 Å². The Balaban J connectivity index is 1.84. The summed E-state index contributed by atoms with van der Waals surface area (Å²) in [5.74, 6) is -1.73. The van der Waals surface area contributed by atoms with Crippen LogP contribution in [0.5, 0.6) is 0 Å². The van der Waals surface area contributed by atoms with Crippen molar-refractivity contribution in [1.29, 1.82) is 0 Å². The molecule has 2 aromatic carbocycles. The number of H-pyrrole nitrogens is 1. The number of benzene rings is 2. The van der Waals surface area contributed by atoms with Gasteiger partial charge in [-0.2, -0.15) is 0 Å². The molecule has 0 bridgehead atoms. The minimum atomic E-state index is -0.866. The Morgan fingerprint density at radius 3 is 2.59 bits per heavy atom. The minimum Gasteiger partial charge on any atom is -0.340 e. The fourth-order valence-corrected chi connectivity index (χ4v) is 3.41. The molecule has 0 saturated heterocycles. The minimum absolute atomic E-state index is 0.167. The van der Waals surface area contributed by atoms with Crippen molar-refractivity contribution in [3.05, 3.63) is 82.1 Å². The molecule has 0 saturated carbocycles. The highest BCUT2D eigenvalue weighted by Gasteiger charge is 2.21. The monoisotopic (exact) mass is 367 g/mol. The molecular formula is C21H19F2N3O. The van der Waals surface area contributed by atoms with Crippen molar-refractivity contribution < 1.29 is 8.78 Å². The summed E-state index contributed by atoms with van der Waals surface area (Å²) in [5.41, 5.74) is 4.02. The van der Waals surface area contributed by atoms with Crippen molar-refractivity contribution in [2.45, 2.75) is 6.54 Å². The van der Waals surface area contributed by atoms with Gasteiger partial charge in [-0.15, -0.1) is 0 Å². The third-order valence-electron chi connectivity index (χ3n) is 4.82. The van der Waals surface area contributed by atoms with Crippen molar-refractivity contribution in [3.8, 4) is 11.3 Å². The molecule has 2 heterocycles. The second-order valence-electron chi connectivity index (χ2n) is 6.76. The van der Waals surface area contributed by atoms with Crippen LogP contribution in [0.4, 0.5) is 20.2 Å². The van der Waals surface area contributed by atoms with Crippen LogP contribution in [0.15, 0.2) is 59.4 Å². The zero-order valence-corrected chi connectivity index (χ0v) is 14.9. The number of fused-ring (bicyclic) bond motifs is 1. The van der Waals surface area contributed by atoms with E-state index in [-0.39, 0.29) is 5.56 Å². The highest BCUT2D eigenvalue weighted by Crippen LogP contribution is 2.35. The van der Waals surface area contributed by atoms with E-state index in [1.54, 1.807) is 12.1 Å². The third-order valence-corrected chi connectivity index (χ3v) is 4.82. The molecule has 1 aromatic heterocycles. The molecule has 0 spiro atoms. The summed E-state index contributed by atoms with van der Waals surface area (Å²) in [6, 6.07) is 15.0. The van der Waals surface area contributed by atoms with Gasteiger partial charge in [-0.05, 0) is 36.9 Å². The summed E-state index contributed by atoms with van der Waals surface area (Å²) in [7, 11) is 2.03. The number of nitrogens with zero attached hydrogens (tertiary/aromatic N) is 2. The fraction of sp³-hybridized carbons (Fsp3) is 0.190. The highest BCUT2D eigenvalue weighted by molar-refractivity contribution is 5.73. The molecule has 138 valence electrons. The lowest BCUT2D eigenvalue weighted by Crippen LogP contribution is -2.26. The van der Waals surface area contributed by atoms with E-state index in [4.69, 9.17) is 0 Å². The van der Waals surface area contributed by atoms with Gasteiger partial charge >= 0.3 is 0 Å². The maximum atomic E-state index is 13.8. The van der Waals surface area contributed by atoms with Crippen molar-refractivity contribution in [1.82, 2.24) is 9.88 Å². The fourth-order valence-electron chi connectivity index (χ4n) is 3.41. The highest BCUT2D eigenvalue weighted by atomic mass is 19.2. The van der Waals surface area contributed by atoms with Gasteiger partial charge in [0.15, 0.2) is 11.6 Å². The Kier molecular flexibility index (Phi) is 4.49. The molecule has 6 heteroatoms. The van der Waals surface area contributed by atoms with E-state index in [1.807, 2.05) is 36.2 Å². The first kappa shape index (κ1) is 17.4. The second kappa shape index (κ2) is 6.96. The number of aromatic amines is 1. The molecule has 3 aromatic rings. The molecule has 1 aliphatic rings. The Morgan fingerprint density at radius 2 is 1.81 bits per heavy atom. The lowest BCUT2D eigenvalue weighted by atomic mass is 10.0. The Bertz CT molecular complexity index is 1050. The summed E-state index contributed by atoms with van der Waals surface area (Å²) in [6.07, 6.45) is 0. The van der Waals surface area contributed by atoms with Crippen LogP contribution in [-0.4, -0.2) is 30.0 Å². The number of anilines is 2. The normalized spacial score (nSPS) is 14.7. The van der Waals surface area contributed by atoms with Crippen molar-refractivity contribution in [2.24, 2.45) is 0 Å². The molecule has 0 atom stereocenters. The number of halogens is 2. The van der Waals surface area contributed by atoms with E-state index in [1.165, 1.54) is 12.1 Å². The molecule has 27 heavy (non-hydrogen) atoms. The van der Waals surface area contributed by atoms with Crippen molar-refractivity contribution in [2.75, 3.05) is 25.0 Å². The number of hydrogen-bond acceptors (Lipinski definition) is 3. The summed E-state index contributed by atoms with van der Waals surface area (Å²) in [5, 5.41) is 0. The van der Waals surface area contributed by atoms with Crippen LogP contribution in [0, 0.1) is 11.6 Å². The molecular weight excluding hydrogens is 348 g/mol. The SMILES string of the molecule is CN1CCN(c2ccc(F)c(F)c2)c2cc(-c3cccc(=O)[nH]3)ccc2C1. The zero-order valence-electron chi connectivity index (χ0n) is 14.9. The Labute approximate surface area is 155 Å². The van der Waals surface area contributed by atoms with Crippen LogP contribution in [0.1, 0.15) is 5.56 Å². The van der Waals surface area contributed by atoms with Crippen LogP contribution in [0.2, 0.25) is 0 Å². The number of likely N-dealkylation sites (N-methyl/N-ethyl adjacent to an activating group) is 1. The standard InChI is InChI=1S/C21H19F2N3O/c1-25-9-10-26(16-7-8-17(22)18(23)12-16)20-11-14(5-6-15(20)13-25)19-3-2-4-21(27)24-19/h2-8,11-12H,9-10,13H2,1H3,(H,24,27). The van der Waals surface area contributed by atoms with Crippen LogP contribution < -0.4 is 10.5 Å². The van der Waals surface area contributed by atoms with E-state index in [2.05, 4.69) is 9.88 Å². The molecule has 1 N–H and O–H groups in total. The lowest BCUT2D eigenvalue weighted by molar-refractivity contribution is 0.343. The van der Waals surface area contributed by atoms with Gasteiger partial charge in [0.1, 0.15) is 0 Å². The lowest BCUT2D eigenvalue weighted by Gasteiger charge is -2.25. The van der Waals surface area contributed by atoms with E-state index in [0.717, 1.165) is 36.0 Å². The molecule has 0 fully saturated rings. The summed E-state index contributed by atoms with van der Waals surface area (Å²) in [4.78, 5) is 18.7. The average molecular weight is 367 g/mol. The molecule has 0 amide bonds. The predicted molar refractivity (Wildman–Crippen MR) is 102 cm³/mol. The maximum Gasteiger partial charge on any atom is 0.248 e. The van der Waals surface area contributed by atoms with Crippen molar-refractivity contribution >= 4 is 11.4 Å². The van der Waals surface area contributed by atoms with Crippen LogP contribution in [0.25, 0.3) is 11.3 Å². The van der Waals surface area contributed by atoms with E-state index < -0.39 is 11.6 Å². The molecule has 0 aliphatic carbocycles. The van der Waals surface area contributed by atoms with Gasteiger partial charge in [-0.1, -0.05) is 18.2 Å². The zero-order chi connectivity index (χ0) is 19.0. The predicted octanol–water partition coefficient (Wildman–Crippen LogP) is 3.90. The average Bonchev–Trinajstić information content (AvgIpc) is 2.82. The van der Waals surface area contributed by atoms with Gasteiger partial charge in [0.2, 0.25) is 5.56 Å². The van der Waals surface area contributed by atoms with Crippen molar-refractivity contribution in [3.63, 3.8) is 0 Å². The smallest absolute Gasteiger partial charge is 0.248 e. The first-order valence-corrected chi connectivity index (χ1v) is 8.75.